The average molecular weight is 283 g/mol. The molecule has 0 aliphatic carbocycles. The Hall–Kier alpha value is -1.14. The van der Waals surface area contributed by atoms with E-state index < -0.39 is 0 Å². The maximum Gasteiger partial charge on any atom is 0.237 e. The van der Waals surface area contributed by atoms with Crippen LogP contribution in [-0.4, -0.2) is 61.1 Å². The van der Waals surface area contributed by atoms with Gasteiger partial charge < -0.3 is 20.3 Å². The summed E-state index contributed by atoms with van der Waals surface area (Å²) in [5, 5.41) is 5.98. The first-order chi connectivity index (χ1) is 9.56. The van der Waals surface area contributed by atoms with E-state index in [2.05, 4.69) is 10.6 Å². The molecule has 20 heavy (non-hydrogen) atoms. The summed E-state index contributed by atoms with van der Waals surface area (Å²) in [5.74, 6) is 0.102. The molecule has 0 aromatic heterocycles. The molecule has 114 valence electrons. The quantitative estimate of drug-likeness (QED) is 0.755. The molecule has 0 radical (unpaired) electrons. The van der Waals surface area contributed by atoms with Gasteiger partial charge in [-0.05, 0) is 33.2 Å². The lowest BCUT2D eigenvalue weighted by atomic mass is 10.2. The Morgan fingerprint density at radius 2 is 2.00 bits per heavy atom. The van der Waals surface area contributed by atoms with Crippen LogP contribution in [0.15, 0.2) is 0 Å². The van der Waals surface area contributed by atoms with Gasteiger partial charge in [-0.1, -0.05) is 0 Å². The van der Waals surface area contributed by atoms with Crippen molar-refractivity contribution in [1.82, 2.24) is 15.5 Å². The van der Waals surface area contributed by atoms with Crippen LogP contribution in [0.5, 0.6) is 0 Å². The van der Waals surface area contributed by atoms with Gasteiger partial charge in [0, 0.05) is 26.1 Å². The average Bonchev–Trinajstić information content (AvgIpc) is 2.91. The Morgan fingerprint density at radius 3 is 2.60 bits per heavy atom. The summed E-state index contributed by atoms with van der Waals surface area (Å²) >= 11 is 0. The van der Waals surface area contributed by atoms with E-state index in [9.17, 15) is 9.59 Å². The van der Waals surface area contributed by atoms with Crippen molar-refractivity contribution in [3.05, 3.63) is 0 Å². The zero-order valence-corrected chi connectivity index (χ0v) is 12.4. The molecule has 2 amide bonds. The number of hydrogen-bond donors (Lipinski definition) is 2. The number of nitrogens with zero attached hydrogens (tertiary/aromatic N) is 1. The van der Waals surface area contributed by atoms with Gasteiger partial charge in [0.15, 0.2) is 0 Å². The highest BCUT2D eigenvalue weighted by Gasteiger charge is 2.26. The van der Waals surface area contributed by atoms with E-state index >= 15 is 0 Å². The van der Waals surface area contributed by atoms with Gasteiger partial charge in [-0.3, -0.25) is 9.59 Å². The van der Waals surface area contributed by atoms with Crippen LogP contribution in [0.4, 0.5) is 0 Å². The van der Waals surface area contributed by atoms with Gasteiger partial charge in [0.25, 0.3) is 0 Å². The molecule has 2 N–H and O–H groups in total. The number of nitrogens with one attached hydrogen (secondary N) is 2. The van der Waals surface area contributed by atoms with Crippen molar-refractivity contribution in [3.8, 4) is 0 Å². The summed E-state index contributed by atoms with van der Waals surface area (Å²) in [6, 6.07) is -0.0754. The van der Waals surface area contributed by atoms with E-state index in [-0.39, 0.29) is 30.1 Å². The summed E-state index contributed by atoms with van der Waals surface area (Å²) in [6.45, 7) is 6.55. The van der Waals surface area contributed by atoms with Gasteiger partial charge >= 0.3 is 0 Å². The topological polar surface area (TPSA) is 70.7 Å². The van der Waals surface area contributed by atoms with E-state index in [1.54, 1.807) is 0 Å². The van der Waals surface area contributed by atoms with Crippen LogP contribution in [-0.2, 0) is 14.3 Å². The second-order valence-corrected chi connectivity index (χ2v) is 5.75. The van der Waals surface area contributed by atoms with Gasteiger partial charge in [0.05, 0.1) is 18.2 Å². The molecule has 0 aromatic carbocycles. The van der Waals surface area contributed by atoms with Crippen molar-refractivity contribution in [2.45, 2.75) is 51.4 Å². The normalized spacial score (nSPS) is 30.3. The Balaban J connectivity index is 1.68. The van der Waals surface area contributed by atoms with Crippen molar-refractivity contribution < 1.29 is 14.3 Å². The van der Waals surface area contributed by atoms with Crippen molar-refractivity contribution in [1.29, 1.82) is 0 Å². The van der Waals surface area contributed by atoms with E-state index in [1.807, 2.05) is 18.7 Å². The summed E-state index contributed by atoms with van der Waals surface area (Å²) in [5.41, 5.74) is 0. The first kappa shape index (κ1) is 15.3. The molecule has 2 aliphatic heterocycles. The summed E-state index contributed by atoms with van der Waals surface area (Å²) < 4.78 is 5.60. The Labute approximate surface area is 120 Å². The molecule has 2 aliphatic rings. The van der Waals surface area contributed by atoms with Gasteiger partial charge in [-0.15, -0.1) is 0 Å². The highest BCUT2D eigenvalue weighted by molar-refractivity contribution is 5.83. The SMILES string of the molecule is CC1CN(C(=O)CCNC(=O)C2CCCN2)CC(C)O1. The molecule has 0 aromatic rings. The molecule has 6 heteroatoms. The Bertz CT molecular complexity index is 346. The molecule has 2 saturated heterocycles. The van der Waals surface area contributed by atoms with Crippen LogP contribution in [0.1, 0.15) is 33.1 Å². The second kappa shape index (κ2) is 7.04. The number of amides is 2. The van der Waals surface area contributed by atoms with E-state index in [0.717, 1.165) is 19.4 Å². The van der Waals surface area contributed by atoms with Crippen molar-refractivity contribution >= 4 is 11.8 Å². The largest absolute Gasteiger partial charge is 0.372 e. The highest BCUT2D eigenvalue weighted by Crippen LogP contribution is 2.11. The Morgan fingerprint density at radius 1 is 1.30 bits per heavy atom. The van der Waals surface area contributed by atoms with Crippen LogP contribution >= 0.6 is 0 Å². The van der Waals surface area contributed by atoms with Gasteiger partial charge in [-0.25, -0.2) is 0 Å². The first-order valence-corrected chi connectivity index (χ1v) is 7.50. The van der Waals surface area contributed by atoms with Crippen LogP contribution in [0.3, 0.4) is 0 Å². The van der Waals surface area contributed by atoms with Gasteiger partial charge in [0.1, 0.15) is 0 Å². The van der Waals surface area contributed by atoms with Crippen molar-refractivity contribution in [2.75, 3.05) is 26.2 Å². The molecular formula is C14H25N3O3. The van der Waals surface area contributed by atoms with Gasteiger partial charge in [0.2, 0.25) is 11.8 Å². The molecular weight excluding hydrogens is 258 g/mol. The molecule has 3 atom stereocenters. The Kier molecular flexibility index (Phi) is 5.37. The minimum absolute atomic E-state index is 0.0130. The fourth-order valence-corrected chi connectivity index (χ4v) is 2.86. The van der Waals surface area contributed by atoms with E-state index in [0.29, 0.717) is 26.1 Å². The molecule has 0 bridgehead atoms. The number of rotatable bonds is 4. The third-order valence-electron chi connectivity index (χ3n) is 3.79. The number of carbonyl (C=O) groups is 2. The third kappa shape index (κ3) is 4.18. The lowest BCUT2D eigenvalue weighted by molar-refractivity contribution is -0.143. The molecule has 6 nitrogen and oxygen atoms in total. The van der Waals surface area contributed by atoms with E-state index in [1.165, 1.54) is 0 Å². The molecule has 0 saturated carbocycles. The van der Waals surface area contributed by atoms with E-state index in [4.69, 9.17) is 4.74 Å². The molecule has 0 spiro atoms. The highest BCUT2D eigenvalue weighted by atomic mass is 16.5. The number of carbonyl (C=O) groups excluding carboxylic acids is 2. The van der Waals surface area contributed by atoms with Crippen molar-refractivity contribution in [3.63, 3.8) is 0 Å². The summed E-state index contributed by atoms with van der Waals surface area (Å²) in [6.07, 6.45) is 2.46. The lowest BCUT2D eigenvalue weighted by Gasteiger charge is -2.35. The number of ether oxygens (including phenoxy) is 1. The van der Waals surface area contributed by atoms with Crippen LogP contribution in [0.2, 0.25) is 0 Å². The summed E-state index contributed by atoms with van der Waals surface area (Å²) in [7, 11) is 0. The van der Waals surface area contributed by atoms with Gasteiger partial charge in [-0.2, -0.15) is 0 Å². The zero-order valence-electron chi connectivity index (χ0n) is 12.4. The predicted octanol–water partition coefficient (Wildman–Crippen LogP) is -0.119. The van der Waals surface area contributed by atoms with Crippen molar-refractivity contribution in [2.24, 2.45) is 0 Å². The lowest BCUT2D eigenvalue weighted by Crippen LogP contribution is -2.49. The molecule has 2 rings (SSSR count). The maximum absolute atomic E-state index is 12.1. The third-order valence-corrected chi connectivity index (χ3v) is 3.79. The molecule has 2 heterocycles. The number of morpholine rings is 1. The minimum atomic E-state index is -0.0754. The predicted molar refractivity (Wildman–Crippen MR) is 75.2 cm³/mol. The minimum Gasteiger partial charge on any atom is -0.372 e. The fraction of sp³-hybridized carbons (Fsp3) is 0.857. The zero-order chi connectivity index (χ0) is 14.5. The first-order valence-electron chi connectivity index (χ1n) is 7.50. The fourth-order valence-electron chi connectivity index (χ4n) is 2.86. The van der Waals surface area contributed by atoms with Crippen LogP contribution < -0.4 is 10.6 Å². The molecule has 3 unspecified atom stereocenters. The number of hydrogen-bond acceptors (Lipinski definition) is 4. The van der Waals surface area contributed by atoms with Crippen LogP contribution in [0, 0.1) is 0 Å². The van der Waals surface area contributed by atoms with Crippen LogP contribution in [0.25, 0.3) is 0 Å². The molecule has 2 fully saturated rings. The summed E-state index contributed by atoms with van der Waals surface area (Å²) in [4.78, 5) is 25.7. The second-order valence-electron chi connectivity index (χ2n) is 5.75. The monoisotopic (exact) mass is 283 g/mol. The smallest absolute Gasteiger partial charge is 0.237 e. The maximum atomic E-state index is 12.1. The standard InChI is InChI=1S/C14H25N3O3/c1-10-8-17(9-11(2)20-10)13(18)5-7-16-14(19)12-4-3-6-15-12/h10-12,15H,3-9H2,1-2H3,(H,16,19).